The molecule has 1 atom stereocenters. The molecule has 3 saturated heterocycles. The Kier molecular flexibility index (Phi) is 6.58. The van der Waals surface area contributed by atoms with E-state index in [1.54, 1.807) is 21.9 Å². The van der Waals surface area contributed by atoms with E-state index in [1.807, 2.05) is 17.0 Å². The van der Waals surface area contributed by atoms with E-state index in [0.717, 1.165) is 31.6 Å². The second-order valence-electron chi connectivity index (χ2n) is 8.35. The van der Waals surface area contributed by atoms with Crippen molar-refractivity contribution in [2.75, 3.05) is 57.3 Å². The van der Waals surface area contributed by atoms with E-state index in [9.17, 15) is 14.4 Å². The van der Waals surface area contributed by atoms with Gasteiger partial charge >= 0.3 is 0 Å². The third-order valence-corrected chi connectivity index (χ3v) is 6.65. The lowest BCUT2D eigenvalue weighted by Gasteiger charge is -2.36. The first-order valence-corrected chi connectivity index (χ1v) is 11.3. The molecule has 7 nitrogen and oxygen atoms in total. The van der Waals surface area contributed by atoms with Crippen molar-refractivity contribution in [3.63, 3.8) is 0 Å². The fraction of sp³-hybridized carbons (Fsp3) is 0.591. The highest BCUT2D eigenvalue weighted by Crippen LogP contribution is 2.28. The predicted octanol–water partition coefficient (Wildman–Crippen LogP) is 1.85. The van der Waals surface area contributed by atoms with Gasteiger partial charge in [0.2, 0.25) is 17.7 Å². The third-order valence-electron chi connectivity index (χ3n) is 6.39. The monoisotopic (exact) mass is 432 g/mol. The fourth-order valence-electron chi connectivity index (χ4n) is 4.57. The van der Waals surface area contributed by atoms with Crippen LogP contribution in [0.5, 0.6) is 0 Å². The molecule has 0 aromatic heterocycles. The molecule has 3 heterocycles. The van der Waals surface area contributed by atoms with Crippen molar-refractivity contribution in [2.45, 2.75) is 25.7 Å². The molecule has 162 valence electrons. The van der Waals surface area contributed by atoms with Crippen molar-refractivity contribution in [3.8, 4) is 0 Å². The van der Waals surface area contributed by atoms with E-state index in [4.69, 9.17) is 11.6 Å². The second kappa shape index (κ2) is 9.35. The minimum atomic E-state index is -0.609. The van der Waals surface area contributed by atoms with Crippen molar-refractivity contribution in [2.24, 2.45) is 5.92 Å². The molecule has 3 aliphatic heterocycles. The minimum absolute atomic E-state index is 0.0847. The zero-order chi connectivity index (χ0) is 21.1. The molecule has 0 bridgehead atoms. The molecule has 1 aromatic carbocycles. The summed E-state index contributed by atoms with van der Waals surface area (Å²) in [5.74, 6) is -0.634. The van der Waals surface area contributed by atoms with Gasteiger partial charge in [0.15, 0.2) is 0 Å². The average molecular weight is 433 g/mol. The number of nitrogens with zero attached hydrogens (tertiary/aromatic N) is 4. The number of rotatable bonds is 4. The third kappa shape index (κ3) is 4.62. The number of benzene rings is 1. The highest BCUT2D eigenvalue weighted by atomic mass is 35.5. The summed E-state index contributed by atoms with van der Waals surface area (Å²) in [6, 6.07) is 7.13. The molecule has 0 spiro atoms. The highest BCUT2D eigenvalue weighted by molar-refractivity contribution is 6.30. The van der Waals surface area contributed by atoms with Crippen LogP contribution < -0.4 is 4.90 Å². The predicted molar refractivity (Wildman–Crippen MR) is 115 cm³/mol. The SMILES string of the molecule is O=C(CN1CCN(C(=O)C2CCN(c3ccc(Cl)cc3)C2=O)CC1)N1CCCCC1. The molecule has 3 amide bonds. The number of carbonyl (C=O) groups excluding carboxylic acids is 3. The van der Waals surface area contributed by atoms with Gasteiger partial charge in [0.25, 0.3) is 0 Å². The van der Waals surface area contributed by atoms with E-state index >= 15 is 0 Å². The Morgan fingerprint density at radius 3 is 2.20 bits per heavy atom. The van der Waals surface area contributed by atoms with Gasteiger partial charge in [-0.3, -0.25) is 19.3 Å². The summed E-state index contributed by atoms with van der Waals surface area (Å²) in [7, 11) is 0. The summed E-state index contributed by atoms with van der Waals surface area (Å²) < 4.78 is 0. The zero-order valence-corrected chi connectivity index (χ0v) is 18.0. The molecule has 0 aliphatic carbocycles. The Hall–Kier alpha value is -2.12. The van der Waals surface area contributed by atoms with Crippen molar-refractivity contribution >= 4 is 35.0 Å². The van der Waals surface area contributed by atoms with Gasteiger partial charge < -0.3 is 14.7 Å². The Bertz CT molecular complexity index is 786. The first-order chi connectivity index (χ1) is 14.5. The molecule has 3 fully saturated rings. The zero-order valence-electron chi connectivity index (χ0n) is 17.3. The highest BCUT2D eigenvalue weighted by Gasteiger charge is 2.40. The molecule has 0 radical (unpaired) electrons. The minimum Gasteiger partial charge on any atom is -0.342 e. The van der Waals surface area contributed by atoms with Gasteiger partial charge in [-0.1, -0.05) is 11.6 Å². The van der Waals surface area contributed by atoms with Gasteiger partial charge in [-0.15, -0.1) is 0 Å². The number of carbonyl (C=O) groups is 3. The molecule has 1 unspecified atom stereocenters. The van der Waals surface area contributed by atoms with Gasteiger partial charge in [0.05, 0.1) is 6.54 Å². The van der Waals surface area contributed by atoms with Crippen LogP contribution in [0.15, 0.2) is 24.3 Å². The molecular weight excluding hydrogens is 404 g/mol. The number of anilines is 1. The van der Waals surface area contributed by atoms with Crippen LogP contribution in [0.25, 0.3) is 0 Å². The van der Waals surface area contributed by atoms with Crippen LogP contribution in [-0.4, -0.2) is 84.8 Å². The number of hydrogen-bond acceptors (Lipinski definition) is 4. The molecule has 1 aromatic rings. The Morgan fingerprint density at radius 1 is 0.867 bits per heavy atom. The topological polar surface area (TPSA) is 64.2 Å². The fourth-order valence-corrected chi connectivity index (χ4v) is 4.69. The van der Waals surface area contributed by atoms with Crippen molar-refractivity contribution in [1.29, 1.82) is 0 Å². The largest absolute Gasteiger partial charge is 0.342 e. The van der Waals surface area contributed by atoms with Crippen LogP contribution in [0, 0.1) is 5.92 Å². The summed E-state index contributed by atoms with van der Waals surface area (Å²) in [6.45, 7) is 5.18. The maximum absolute atomic E-state index is 13.0. The smallest absolute Gasteiger partial charge is 0.239 e. The molecule has 3 aliphatic rings. The number of likely N-dealkylation sites (tertiary alicyclic amines) is 1. The van der Waals surface area contributed by atoms with Gasteiger partial charge in [-0.2, -0.15) is 0 Å². The van der Waals surface area contributed by atoms with Crippen molar-refractivity contribution in [1.82, 2.24) is 14.7 Å². The summed E-state index contributed by atoms with van der Waals surface area (Å²) in [5, 5.41) is 0.620. The first-order valence-electron chi connectivity index (χ1n) is 10.9. The lowest BCUT2D eigenvalue weighted by molar-refractivity contribution is -0.141. The van der Waals surface area contributed by atoms with E-state index < -0.39 is 5.92 Å². The molecule has 4 rings (SSSR count). The molecule has 8 heteroatoms. The summed E-state index contributed by atoms with van der Waals surface area (Å²) >= 11 is 5.93. The Labute approximate surface area is 182 Å². The number of amides is 3. The molecule has 0 saturated carbocycles. The average Bonchev–Trinajstić information content (AvgIpc) is 3.16. The lowest BCUT2D eigenvalue weighted by atomic mass is 10.1. The molecule has 30 heavy (non-hydrogen) atoms. The Balaban J connectivity index is 1.27. The quantitative estimate of drug-likeness (QED) is 0.681. The van der Waals surface area contributed by atoms with E-state index in [1.165, 1.54) is 6.42 Å². The van der Waals surface area contributed by atoms with Gasteiger partial charge in [-0.05, 0) is 49.9 Å². The summed E-state index contributed by atoms with van der Waals surface area (Å²) in [5.41, 5.74) is 0.778. The van der Waals surface area contributed by atoms with Crippen molar-refractivity contribution in [3.05, 3.63) is 29.3 Å². The van der Waals surface area contributed by atoms with E-state index in [2.05, 4.69) is 4.90 Å². The van der Waals surface area contributed by atoms with Gasteiger partial charge in [0, 0.05) is 56.5 Å². The number of piperidine rings is 1. The second-order valence-corrected chi connectivity index (χ2v) is 8.79. The lowest BCUT2D eigenvalue weighted by Crippen LogP contribution is -2.53. The van der Waals surface area contributed by atoms with E-state index in [0.29, 0.717) is 50.7 Å². The molecule has 0 N–H and O–H groups in total. The van der Waals surface area contributed by atoms with Crippen LogP contribution in [-0.2, 0) is 14.4 Å². The number of halogens is 1. The van der Waals surface area contributed by atoms with Gasteiger partial charge in [-0.25, -0.2) is 0 Å². The standard InChI is InChI=1S/C22H29ClN4O3/c23-17-4-6-18(7-5-17)27-11-8-19(22(27)30)21(29)26-14-12-24(13-15-26)16-20(28)25-9-2-1-3-10-25/h4-7,19H,1-3,8-16H2. The van der Waals surface area contributed by atoms with Crippen LogP contribution in [0.3, 0.4) is 0 Å². The summed E-state index contributed by atoms with van der Waals surface area (Å²) in [6.07, 6.45) is 3.93. The van der Waals surface area contributed by atoms with Crippen LogP contribution in [0.4, 0.5) is 5.69 Å². The molecular formula is C22H29ClN4O3. The number of hydrogen-bond donors (Lipinski definition) is 0. The normalized spacial score (nSPS) is 23.2. The van der Waals surface area contributed by atoms with Crippen LogP contribution >= 0.6 is 11.6 Å². The van der Waals surface area contributed by atoms with Crippen LogP contribution in [0.1, 0.15) is 25.7 Å². The maximum Gasteiger partial charge on any atom is 0.239 e. The van der Waals surface area contributed by atoms with E-state index in [-0.39, 0.29) is 17.7 Å². The maximum atomic E-state index is 13.0. The Morgan fingerprint density at radius 2 is 1.53 bits per heavy atom. The van der Waals surface area contributed by atoms with Crippen LogP contribution in [0.2, 0.25) is 5.02 Å². The van der Waals surface area contributed by atoms with Crippen molar-refractivity contribution < 1.29 is 14.4 Å². The van der Waals surface area contributed by atoms with Gasteiger partial charge in [0.1, 0.15) is 5.92 Å². The summed E-state index contributed by atoms with van der Waals surface area (Å²) in [4.78, 5) is 45.8. The number of piperazine rings is 1. The first kappa shape index (κ1) is 21.1.